The Hall–Kier alpha value is -0.600. The molecule has 0 atom stereocenters. The van der Waals surface area contributed by atoms with Crippen LogP contribution in [0.4, 0.5) is 0 Å². The number of rotatable bonds is 13. The van der Waals surface area contributed by atoms with Crippen molar-refractivity contribution in [1.82, 2.24) is 5.32 Å². The predicted octanol–water partition coefficient (Wildman–Crippen LogP) is -8.46. The summed E-state index contributed by atoms with van der Waals surface area (Å²) in [5, 5.41) is 94.1. The summed E-state index contributed by atoms with van der Waals surface area (Å²) in [5.74, 6) is 0. The van der Waals surface area contributed by atoms with Gasteiger partial charge in [-0.1, -0.05) is 0 Å². The van der Waals surface area contributed by atoms with Crippen molar-refractivity contribution in [3.05, 3.63) is 0 Å². The molecule has 0 aliphatic rings. The van der Waals surface area contributed by atoms with Crippen LogP contribution in [-0.4, -0.2) is 159 Å². The van der Waals surface area contributed by atoms with E-state index in [-0.39, 0.29) is 13.2 Å². The lowest BCUT2D eigenvalue weighted by Gasteiger charge is -2.20. The molecule has 194 valence electrons. The first-order valence-electron chi connectivity index (χ1n) is 9.23. The molecule has 0 saturated carbocycles. The topological polar surface area (TPSA) is 313 Å². The lowest BCUT2D eigenvalue weighted by Crippen LogP contribution is -2.50. The molecule has 0 aliphatic heterocycles. The summed E-state index contributed by atoms with van der Waals surface area (Å²) in [4.78, 5) is 0. The van der Waals surface area contributed by atoms with E-state index in [1.54, 1.807) is 0 Å². The number of hydrogen-bond acceptors (Lipinski definition) is 15. The van der Waals surface area contributed by atoms with Gasteiger partial charge in [0, 0.05) is 13.1 Å². The van der Waals surface area contributed by atoms with Crippen molar-refractivity contribution in [2.24, 2.45) is 17.2 Å². The molecule has 0 aromatic heterocycles. The number of aliphatic hydroxyl groups excluding tert-OH is 11. The largest absolute Gasteiger partial charge is 0.395 e. The standard InChI is InChI=1S/3C4H11NO3.C4H11NO2/c3*5-4(1-6,2-7)3-8;6-3-1-5-2-4-7/h3*6-8H,1-3,5H2;5-7H,1-4H2. The minimum atomic E-state index is -1.21. The maximum absolute atomic E-state index is 8.34. The van der Waals surface area contributed by atoms with Crippen LogP contribution >= 0.6 is 0 Å². The first-order chi connectivity index (χ1) is 14.5. The molecular formula is C16H44N4O11. The Morgan fingerprint density at radius 2 is 0.548 bits per heavy atom. The smallest absolute Gasteiger partial charge is 0.0856 e. The van der Waals surface area contributed by atoms with Gasteiger partial charge in [0.15, 0.2) is 0 Å². The molecule has 0 aromatic rings. The summed E-state index contributed by atoms with van der Waals surface area (Å²) in [6, 6.07) is 0. The van der Waals surface area contributed by atoms with E-state index in [9.17, 15) is 0 Å². The van der Waals surface area contributed by atoms with Crippen LogP contribution in [0.25, 0.3) is 0 Å². The zero-order valence-corrected chi connectivity index (χ0v) is 17.8. The molecule has 0 spiro atoms. The second-order valence-corrected chi connectivity index (χ2v) is 6.71. The van der Waals surface area contributed by atoms with Crippen LogP contribution in [0.5, 0.6) is 0 Å². The van der Waals surface area contributed by atoms with Crippen molar-refractivity contribution >= 4 is 0 Å². The highest BCUT2D eigenvalue weighted by Crippen LogP contribution is 1.94. The van der Waals surface area contributed by atoms with E-state index in [2.05, 4.69) is 5.32 Å². The minimum Gasteiger partial charge on any atom is -0.395 e. The number of nitrogens with two attached hydrogens (primary N) is 3. The maximum Gasteiger partial charge on any atom is 0.0856 e. The summed E-state index contributed by atoms with van der Waals surface area (Å²) in [5.41, 5.74) is 11.8. The fourth-order valence-electron chi connectivity index (χ4n) is 0.733. The lowest BCUT2D eigenvalue weighted by atomic mass is 10.1. The van der Waals surface area contributed by atoms with Gasteiger partial charge in [-0.15, -0.1) is 0 Å². The van der Waals surface area contributed by atoms with Crippen molar-refractivity contribution in [3.63, 3.8) is 0 Å². The quantitative estimate of drug-likeness (QED) is 0.111. The number of hydrogen-bond donors (Lipinski definition) is 15. The fourth-order valence-corrected chi connectivity index (χ4v) is 0.733. The van der Waals surface area contributed by atoms with E-state index in [4.69, 9.17) is 73.4 Å². The van der Waals surface area contributed by atoms with Gasteiger partial charge in [0.05, 0.1) is 89.3 Å². The van der Waals surface area contributed by atoms with Gasteiger partial charge in [-0.3, -0.25) is 0 Å². The molecule has 31 heavy (non-hydrogen) atoms. The van der Waals surface area contributed by atoms with Crippen molar-refractivity contribution in [3.8, 4) is 0 Å². The lowest BCUT2D eigenvalue weighted by molar-refractivity contribution is 0.0695. The molecule has 0 bridgehead atoms. The summed E-state index contributed by atoms with van der Waals surface area (Å²) in [7, 11) is 0. The van der Waals surface area contributed by atoms with Gasteiger partial charge < -0.3 is 78.7 Å². The molecule has 0 aromatic carbocycles. The van der Waals surface area contributed by atoms with Gasteiger partial charge in [-0.05, 0) is 0 Å². The van der Waals surface area contributed by atoms with Gasteiger partial charge in [-0.25, -0.2) is 0 Å². The number of aliphatic hydroxyl groups is 11. The zero-order valence-electron chi connectivity index (χ0n) is 17.8. The summed E-state index contributed by atoms with van der Waals surface area (Å²) in [6.45, 7) is -2.21. The molecule has 15 heteroatoms. The van der Waals surface area contributed by atoms with Crippen LogP contribution in [0.1, 0.15) is 0 Å². The Morgan fingerprint density at radius 1 is 0.387 bits per heavy atom. The van der Waals surface area contributed by atoms with E-state index < -0.39 is 76.1 Å². The Kier molecular flexibility index (Phi) is 29.2. The normalized spacial score (nSPS) is 11.4. The van der Waals surface area contributed by atoms with Crippen LogP contribution < -0.4 is 22.5 Å². The van der Waals surface area contributed by atoms with E-state index in [0.717, 1.165) is 0 Å². The molecular weight excluding hydrogens is 424 g/mol. The van der Waals surface area contributed by atoms with Gasteiger partial charge in [0.2, 0.25) is 0 Å². The fraction of sp³-hybridized carbons (Fsp3) is 1.00. The van der Waals surface area contributed by atoms with E-state index in [1.165, 1.54) is 0 Å². The highest BCUT2D eigenvalue weighted by molar-refractivity contribution is 4.81. The second kappa shape index (κ2) is 24.1. The van der Waals surface area contributed by atoms with Crippen molar-refractivity contribution < 1.29 is 56.2 Å². The molecule has 0 rings (SSSR count). The first kappa shape index (κ1) is 37.7. The molecule has 18 N–H and O–H groups in total. The van der Waals surface area contributed by atoms with Crippen molar-refractivity contribution in [1.29, 1.82) is 0 Å². The maximum atomic E-state index is 8.34. The SMILES string of the molecule is NC(CO)(CO)CO.NC(CO)(CO)CO.NC(CO)(CO)CO.OCCNCCO. The van der Waals surface area contributed by atoms with Crippen LogP contribution in [0.15, 0.2) is 0 Å². The molecule has 0 unspecified atom stereocenters. The summed E-state index contributed by atoms with van der Waals surface area (Å²) >= 11 is 0. The summed E-state index contributed by atoms with van der Waals surface area (Å²) < 4.78 is 0. The van der Waals surface area contributed by atoms with Gasteiger partial charge in [0.25, 0.3) is 0 Å². The zero-order chi connectivity index (χ0) is 25.4. The average Bonchev–Trinajstić information content (AvgIpc) is 2.84. The molecule has 0 heterocycles. The minimum absolute atomic E-state index is 0.139. The second-order valence-electron chi connectivity index (χ2n) is 6.71. The monoisotopic (exact) mass is 468 g/mol. The highest BCUT2D eigenvalue weighted by Gasteiger charge is 2.21. The third-order valence-corrected chi connectivity index (χ3v) is 3.41. The Bertz CT molecular complexity index is 274. The molecule has 0 fully saturated rings. The van der Waals surface area contributed by atoms with Crippen LogP contribution in [0, 0.1) is 0 Å². The molecule has 0 radical (unpaired) electrons. The average molecular weight is 469 g/mol. The summed E-state index contributed by atoms with van der Waals surface area (Å²) in [6.07, 6.45) is 0. The third-order valence-electron chi connectivity index (χ3n) is 3.41. The Balaban J connectivity index is -0.000000157. The van der Waals surface area contributed by atoms with Gasteiger partial charge >= 0.3 is 0 Å². The first-order valence-corrected chi connectivity index (χ1v) is 9.23. The van der Waals surface area contributed by atoms with Gasteiger partial charge in [0.1, 0.15) is 0 Å². The third kappa shape index (κ3) is 23.9. The molecule has 15 nitrogen and oxygen atoms in total. The molecule has 0 saturated heterocycles. The molecule has 0 amide bonds. The van der Waals surface area contributed by atoms with Gasteiger partial charge in [-0.2, -0.15) is 0 Å². The van der Waals surface area contributed by atoms with E-state index in [1.807, 2.05) is 0 Å². The van der Waals surface area contributed by atoms with Crippen LogP contribution in [0.2, 0.25) is 0 Å². The highest BCUT2D eigenvalue weighted by atomic mass is 16.3. The number of nitrogens with one attached hydrogen (secondary N) is 1. The van der Waals surface area contributed by atoms with E-state index in [0.29, 0.717) is 13.1 Å². The molecule has 0 aliphatic carbocycles. The Morgan fingerprint density at radius 3 is 0.613 bits per heavy atom. The van der Waals surface area contributed by atoms with Crippen molar-refractivity contribution in [2.45, 2.75) is 16.6 Å². The predicted molar refractivity (Wildman–Crippen MR) is 112 cm³/mol. The van der Waals surface area contributed by atoms with Crippen LogP contribution in [-0.2, 0) is 0 Å². The van der Waals surface area contributed by atoms with Crippen molar-refractivity contribution in [2.75, 3.05) is 85.8 Å². The van der Waals surface area contributed by atoms with Crippen LogP contribution in [0.3, 0.4) is 0 Å². The van der Waals surface area contributed by atoms with E-state index >= 15 is 0 Å². The Labute approximate surface area is 182 Å².